The smallest absolute Gasteiger partial charge is 0.117 e. The lowest BCUT2D eigenvalue weighted by molar-refractivity contribution is 0.223. The Morgan fingerprint density at radius 1 is 1.64 bits per heavy atom. The summed E-state index contributed by atoms with van der Waals surface area (Å²) in [5.74, 6) is 1.04. The largest absolute Gasteiger partial charge is 0.468 e. The third-order valence-corrected chi connectivity index (χ3v) is 2.52. The second-order valence-corrected chi connectivity index (χ2v) is 4.22. The summed E-state index contributed by atoms with van der Waals surface area (Å²) < 4.78 is 5.34. The predicted octanol–water partition coefficient (Wildman–Crippen LogP) is 1.59. The Morgan fingerprint density at radius 3 is 2.93 bits per heavy atom. The Hall–Kier alpha value is -0.800. The van der Waals surface area contributed by atoms with Crippen LogP contribution in [-0.4, -0.2) is 23.5 Å². The van der Waals surface area contributed by atoms with Crippen molar-refractivity contribution in [3.63, 3.8) is 0 Å². The molecule has 3 heteroatoms. The van der Waals surface area contributed by atoms with E-state index < -0.39 is 0 Å². The second-order valence-electron chi connectivity index (χ2n) is 4.22. The number of hydrogen-bond donors (Lipinski definition) is 1. The van der Waals surface area contributed by atoms with Crippen molar-refractivity contribution in [1.82, 2.24) is 4.90 Å². The minimum atomic E-state index is 0.241. The molecule has 78 valence electrons. The maximum atomic E-state index is 5.82. The molecule has 1 unspecified atom stereocenters. The van der Waals surface area contributed by atoms with Crippen LogP contribution >= 0.6 is 0 Å². The van der Waals surface area contributed by atoms with Gasteiger partial charge in [0.1, 0.15) is 5.76 Å². The lowest BCUT2D eigenvalue weighted by Gasteiger charge is -2.22. The van der Waals surface area contributed by atoms with E-state index in [0.717, 1.165) is 24.9 Å². The molecule has 2 rings (SSSR count). The lowest BCUT2D eigenvalue weighted by Crippen LogP contribution is -2.36. The van der Waals surface area contributed by atoms with Crippen LogP contribution < -0.4 is 5.73 Å². The number of hydrogen-bond acceptors (Lipinski definition) is 3. The maximum absolute atomic E-state index is 5.82. The van der Waals surface area contributed by atoms with Crippen LogP contribution in [-0.2, 0) is 6.54 Å². The predicted molar refractivity (Wildman–Crippen MR) is 55.8 cm³/mol. The molecule has 0 saturated heterocycles. The number of nitrogens with zero attached hydrogens (tertiary/aromatic N) is 1. The lowest BCUT2D eigenvalue weighted by atomic mass is 10.3. The van der Waals surface area contributed by atoms with E-state index in [-0.39, 0.29) is 6.04 Å². The second kappa shape index (κ2) is 4.15. The quantitative estimate of drug-likeness (QED) is 0.774. The minimum absolute atomic E-state index is 0.241. The van der Waals surface area contributed by atoms with E-state index in [1.165, 1.54) is 12.8 Å². The molecule has 1 aliphatic carbocycles. The van der Waals surface area contributed by atoms with Crippen molar-refractivity contribution < 1.29 is 4.42 Å². The summed E-state index contributed by atoms with van der Waals surface area (Å²) >= 11 is 0. The van der Waals surface area contributed by atoms with Gasteiger partial charge in [0.2, 0.25) is 0 Å². The van der Waals surface area contributed by atoms with Crippen molar-refractivity contribution in [2.45, 2.75) is 38.4 Å². The van der Waals surface area contributed by atoms with Crippen LogP contribution in [0.15, 0.2) is 22.8 Å². The summed E-state index contributed by atoms with van der Waals surface area (Å²) in [6, 6.07) is 4.94. The molecule has 0 radical (unpaired) electrons. The first kappa shape index (κ1) is 9.74. The van der Waals surface area contributed by atoms with Crippen LogP contribution in [0, 0.1) is 0 Å². The number of nitrogens with two attached hydrogens (primary N) is 1. The first-order chi connectivity index (χ1) is 6.75. The normalized spacial score (nSPS) is 18.8. The Labute approximate surface area is 84.9 Å². The molecule has 0 spiro atoms. The van der Waals surface area contributed by atoms with Crippen molar-refractivity contribution in [3.8, 4) is 0 Å². The molecule has 2 N–H and O–H groups in total. The zero-order valence-corrected chi connectivity index (χ0v) is 8.65. The number of rotatable bonds is 5. The van der Waals surface area contributed by atoms with Gasteiger partial charge in [-0.1, -0.05) is 0 Å². The fourth-order valence-electron chi connectivity index (χ4n) is 1.76. The summed E-state index contributed by atoms with van der Waals surface area (Å²) in [4.78, 5) is 2.42. The molecule has 1 atom stereocenters. The molecule has 0 aliphatic heterocycles. The first-order valence-corrected chi connectivity index (χ1v) is 5.27. The van der Waals surface area contributed by atoms with Gasteiger partial charge in [0, 0.05) is 18.6 Å². The highest BCUT2D eigenvalue weighted by Crippen LogP contribution is 2.28. The van der Waals surface area contributed by atoms with Gasteiger partial charge in [-0.3, -0.25) is 4.90 Å². The maximum Gasteiger partial charge on any atom is 0.117 e. The molecule has 14 heavy (non-hydrogen) atoms. The minimum Gasteiger partial charge on any atom is -0.468 e. The van der Waals surface area contributed by atoms with Gasteiger partial charge < -0.3 is 10.2 Å². The summed E-state index contributed by atoms with van der Waals surface area (Å²) in [6.07, 6.45) is 4.35. The molecule has 1 aliphatic rings. The molecule has 1 saturated carbocycles. The zero-order chi connectivity index (χ0) is 9.97. The van der Waals surface area contributed by atoms with Gasteiger partial charge in [-0.15, -0.1) is 0 Å². The molecule has 1 aromatic heterocycles. The van der Waals surface area contributed by atoms with E-state index in [1.807, 2.05) is 12.1 Å². The van der Waals surface area contributed by atoms with E-state index in [1.54, 1.807) is 6.26 Å². The summed E-state index contributed by atoms with van der Waals surface area (Å²) in [5, 5.41) is 0. The highest BCUT2D eigenvalue weighted by molar-refractivity contribution is 5.00. The molecule has 0 bridgehead atoms. The van der Waals surface area contributed by atoms with Crippen molar-refractivity contribution >= 4 is 0 Å². The van der Waals surface area contributed by atoms with Crippen LogP contribution in [0.5, 0.6) is 0 Å². The SMILES string of the molecule is CC(N)CN(Cc1ccco1)C1CC1. The molecule has 0 aromatic carbocycles. The third-order valence-electron chi connectivity index (χ3n) is 2.52. The summed E-state index contributed by atoms with van der Waals surface area (Å²) in [5.41, 5.74) is 5.82. The van der Waals surface area contributed by atoms with Crippen LogP contribution in [0.3, 0.4) is 0 Å². The highest BCUT2D eigenvalue weighted by Gasteiger charge is 2.29. The molecule has 0 amide bonds. The Morgan fingerprint density at radius 2 is 2.43 bits per heavy atom. The standard InChI is InChI=1S/C11H18N2O/c1-9(12)7-13(10-4-5-10)8-11-3-2-6-14-11/h2-3,6,9-10H,4-5,7-8,12H2,1H3. The first-order valence-electron chi connectivity index (χ1n) is 5.27. The van der Waals surface area contributed by atoms with Gasteiger partial charge in [-0.05, 0) is 31.9 Å². The Balaban J connectivity index is 1.90. The van der Waals surface area contributed by atoms with Crippen molar-refractivity contribution in [2.24, 2.45) is 5.73 Å². The van der Waals surface area contributed by atoms with Crippen LogP contribution in [0.4, 0.5) is 0 Å². The molecule has 1 aromatic rings. The molecule has 3 nitrogen and oxygen atoms in total. The van der Waals surface area contributed by atoms with Crippen molar-refractivity contribution in [3.05, 3.63) is 24.2 Å². The van der Waals surface area contributed by atoms with Crippen LogP contribution in [0.1, 0.15) is 25.5 Å². The fraction of sp³-hybridized carbons (Fsp3) is 0.636. The average Bonchev–Trinajstić information content (AvgIpc) is 2.85. The summed E-state index contributed by atoms with van der Waals surface area (Å²) in [7, 11) is 0. The zero-order valence-electron chi connectivity index (χ0n) is 8.65. The monoisotopic (exact) mass is 194 g/mol. The number of furan rings is 1. The van der Waals surface area contributed by atoms with Crippen molar-refractivity contribution in [2.75, 3.05) is 6.54 Å². The average molecular weight is 194 g/mol. The molecule has 1 heterocycles. The highest BCUT2D eigenvalue weighted by atomic mass is 16.3. The van der Waals surface area contributed by atoms with Crippen molar-refractivity contribution in [1.29, 1.82) is 0 Å². The van der Waals surface area contributed by atoms with Gasteiger partial charge in [0.05, 0.1) is 12.8 Å². The molecule has 1 fully saturated rings. The summed E-state index contributed by atoms with van der Waals surface area (Å²) in [6.45, 7) is 3.92. The van der Waals surface area contributed by atoms with Gasteiger partial charge in [0.15, 0.2) is 0 Å². The Kier molecular flexibility index (Phi) is 2.89. The van der Waals surface area contributed by atoms with E-state index in [0.29, 0.717) is 0 Å². The van der Waals surface area contributed by atoms with Gasteiger partial charge in [-0.2, -0.15) is 0 Å². The van der Waals surface area contributed by atoms with E-state index in [4.69, 9.17) is 10.2 Å². The van der Waals surface area contributed by atoms with Gasteiger partial charge >= 0.3 is 0 Å². The van der Waals surface area contributed by atoms with E-state index in [2.05, 4.69) is 11.8 Å². The van der Waals surface area contributed by atoms with E-state index >= 15 is 0 Å². The van der Waals surface area contributed by atoms with Gasteiger partial charge in [-0.25, -0.2) is 0 Å². The van der Waals surface area contributed by atoms with Gasteiger partial charge in [0.25, 0.3) is 0 Å². The van der Waals surface area contributed by atoms with Crippen LogP contribution in [0.2, 0.25) is 0 Å². The van der Waals surface area contributed by atoms with Crippen LogP contribution in [0.25, 0.3) is 0 Å². The van der Waals surface area contributed by atoms with E-state index in [9.17, 15) is 0 Å². The third kappa shape index (κ3) is 2.59. The fourth-order valence-corrected chi connectivity index (χ4v) is 1.76. The topological polar surface area (TPSA) is 42.4 Å². The molecular formula is C11H18N2O. The molecular weight excluding hydrogens is 176 g/mol. The Bertz CT molecular complexity index is 265.